The second-order valence-electron chi connectivity index (χ2n) is 9.10. The fourth-order valence-electron chi connectivity index (χ4n) is 4.11. The van der Waals surface area contributed by atoms with Gasteiger partial charge in [0.2, 0.25) is 0 Å². The maximum Gasteiger partial charge on any atom is 0.338 e. The van der Waals surface area contributed by atoms with Crippen molar-refractivity contribution >= 4 is 40.4 Å². The number of allylic oxidation sites excluding steroid dienone is 1. The molecule has 0 saturated carbocycles. The van der Waals surface area contributed by atoms with Crippen molar-refractivity contribution in [3.05, 3.63) is 106 Å². The van der Waals surface area contributed by atoms with E-state index in [9.17, 15) is 19.7 Å². The number of carbonyl (C=O) groups excluding carboxylic acids is 1. The molecule has 0 amide bonds. The summed E-state index contributed by atoms with van der Waals surface area (Å²) >= 11 is 2.65. The average molecular weight is 550 g/mol. The van der Waals surface area contributed by atoms with E-state index in [0.717, 1.165) is 4.88 Å². The van der Waals surface area contributed by atoms with E-state index in [2.05, 4.69) is 4.99 Å². The first kappa shape index (κ1) is 25.6. The van der Waals surface area contributed by atoms with Crippen LogP contribution in [0.5, 0.6) is 0 Å². The topological polar surface area (TPSA) is 117 Å². The lowest BCUT2D eigenvalue weighted by Gasteiger charge is -2.23. The normalized spacial score (nSPS) is 15.5. The molecule has 3 aromatic heterocycles. The smallest absolute Gasteiger partial charge is 0.338 e. The van der Waals surface area contributed by atoms with Gasteiger partial charge in [-0.2, -0.15) is 0 Å². The lowest BCUT2D eigenvalue weighted by molar-refractivity contribution is -0.384. The number of fused-ring (bicyclic) bond motifs is 1. The largest absolute Gasteiger partial charge is 0.462 e. The van der Waals surface area contributed by atoms with E-state index in [1.165, 1.54) is 39.4 Å². The van der Waals surface area contributed by atoms with Crippen LogP contribution in [0.1, 0.15) is 37.5 Å². The Kier molecular flexibility index (Phi) is 6.96. The predicted molar refractivity (Wildman–Crippen MR) is 145 cm³/mol. The lowest BCUT2D eigenvalue weighted by Crippen LogP contribution is -2.39. The average Bonchev–Trinajstić information content (AvgIpc) is 3.64. The second-order valence-corrected chi connectivity index (χ2v) is 11.1. The first-order valence-electron chi connectivity index (χ1n) is 11.8. The van der Waals surface area contributed by atoms with Gasteiger partial charge in [0.1, 0.15) is 17.6 Å². The van der Waals surface area contributed by atoms with Gasteiger partial charge < -0.3 is 9.15 Å². The van der Waals surface area contributed by atoms with Gasteiger partial charge >= 0.3 is 5.97 Å². The quantitative estimate of drug-likeness (QED) is 0.188. The minimum Gasteiger partial charge on any atom is -0.462 e. The van der Waals surface area contributed by atoms with Crippen molar-refractivity contribution in [1.82, 2.24) is 4.57 Å². The van der Waals surface area contributed by atoms with Gasteiger partial charge in [0.05, 0.1) is 27.3 Å². The number of ether oxygens (including phenoxy) is 1. The number of nitrogens with zero attached hydrogens (tertiary/aromatic N) is 3. The molecule has 1 atom stereocenters. The molecule has 1 aliphatic rings. The van der Waals surface area contributed by atoms with Crippen LogP contribution in [0.4, 0.5) is 5.69 Å². The van der Waals surface area contributed by atoms with Gasteiger partial charge in [-0.3, -0.25) is 19.5 Å². The van der Waals surface area contributed by atoms with Crippen LogP contribution in [-0.4, -0.2) is 22.1 Å². The minimum absolute atomic E-state index is 0.0413. The third kappa shape index (κ3) is 4.90. The molecule has 11 heteroatoms. The van der Waals surface area contributed by atoms with Crippen LogP contribution < -0.4 is 14.9 Å². The van der Waals surface area contributed by atoms with Crippen LogP contribution in [0.15, 0.2) is 79.4 Å². The van der Waals surface area contributed by atoms with Crippen molar-refractivity contribution in [3.63, 3.8) is 0 Å². The number of esters is 1. The molecule has 0 spiro atoms. The zero-order chi connectivity index (χ0) is 27.0. The highest BCUT2D eigenvalue weighted by atomic mass is 32.1. The van der Waals surface area contributed by atoms with Crippen LogP contribution in [0.3, 0.4) is 0 Å². The molecule has 38 heavy (non-hydrogen) atoms. The van der Waals surface area contributed by atoms with Gasteiger partial charge in [-0.15, -0.1) is 11.3 Å². The summed E-state index contributed by atoms with van der Waals surface area (Å²) in [5.74, 6) is 0.536. The Morgan fingerprint density at radius 2 is 2.08 bits per heavy atom. The predicted octanol–water partition coefficient (Wildman–Crippen LogP) is 4.66. The molecule has 1 aromatic carbocycles. The molecule has 0 fully saturated rings. The lowest BCUT2D eigenvalue weighted by atomic mass is 10.0. The summed E-state index contributed by atoms with van der Waals surface area (Å²) in [7, 11) is 0. The van der Waals surface area contributed by atoms with Crippen LogP contribution in [0, 0.1) is 16.0 Å². The summed E-state index contributed by atoms with van der Waals surface area (Å²) in [5, 5.41) is 13.0. The number of aromatic nitrogens is 1. The van der Waals surface area contributed by atoms with Gasteiger partial charge in [0.15, 0.2) is 4.80 Å². The summed E-state index contributed by atoms with van der Waals surface area (Å²) in [4.78, 5) is 43.3. The van der Waals surface area contributed by atoms with E-state index >= 15 is 0 Å². The van der Waals surface area contributed by atoms with Crippen LogP contribution in [-0.2, 0) is 9.53 Å². The highest BCUT2D eigenvalue weighted by molar-refractivity contribution is 7.10. The summed E-state index contributed by atoms with van der Waals surface area (Å²) in [6.07, 6.45) is 1.62. The van der Waals surface area contributed by atoms with Gasteiger partial charge in [-0.25, -0.2) is 9.79 Å². The molecule has 0 saturated heterocycles. The van der Waals surface area contributed by atoms with Crippen molar-refractivity contribution in [3.8, 4) is 11.3 Å². The number of non-ortho nitro benzene ring substituents is 1. The van der Waals surface area contributed by atoms with E-state index in [4.69, 9.17) is 9.15 Å². The van der Waals surface area contributed by atoms with Crippen LogP contribution in [0.25, 0.3) is 17.4 Å². The first-order chi connectivity index (χ1) is 18.2. The Morgan fingerprint density at radius 1 is 1.26 bits per heavy atom. The maximum atomic E-state index is 13.7. The monoisotopic (exact) mass is 549 g/mol. The number of hydrogen-bond acceptors (Lipinski definition) is 9. The Hall–Kier alpha value is -4.09. The van der Waals surface area contributed by atoms with Crippen LogP contribution in [0.2, 0.25) is 0 Å². The van der Waals surface area contributed by atoms with Crippen molar-refractivity contribution in [2.45, 2.75) is 26.8 Å². The molecular weight excluding hydrogens is 526 g/mol. The molecule has 4 heterocycles. The van der Waals surface area contributed by atoms with E-state index < -0.39 is 16.9 Å². The number of thiazole rings is 1. The zero-order valence-corrected chi connectivity index (χ0v) is 22.4. The molecule has 4 aromatic rings. The number of nitro benzene ring substituents is 1. The molecule has 0 aliphatic carbocycles. The third-order valence-electron chi connectivity index (χ3n) is 5.84. The number of nitro groups is 1. The summed E-state index contributed by atoms with van der Waals surface area (Å²) in [5.41, 5.74) is 1.06. The van der Waals surface area contributed by atoms with Gasteiger partial charge in [0, 0.05) is 28.6 Å². The van der Waals surface area contributed by atoms with Crippen molar-refractivity contribution in [2.24, 2.45) is 10.9 Å². The number of thiophene rings is 1. The van der Waals surface area contributed by atoms with E-state index in [0.29, 0.717) is 37.7 Å². The van der Waals surface area contributed by atoms with Crippen molar-refractivity contribution in [2.75, 3.05) is 6.61 Å². The fourth-order valence-corrected chi connectivity index (χ4v) is 5.96. The van der Waals surface area contributed by atoms with E-state index in [1.807, 2.05) is 31.4 Å². The summed E-state index contributed by atoms with van der Waals surface area (Å²) < 4.78 is 13.4. The molecule has 0 N–H and O–H groups in total. The molecule has 194 valence electrons. The molecule has 0 bridgehead atoms. The van der Waals surface area contributed by atoms with Crippen LogP contribution >= 0.6 is 22.7 Å². The summed E-state index contributed by atoms with van der Waals surface area (Å²) in [6.45, 7) is 5.93. The third-order valence-corrected chi connectivity index (χ3v) is 7.75. The summed E-state index contributed by atoms with van der Waals surface area (Å²) in [6, 6.07) is 12.7. The number of benzene rings is 1. The highest BCUT2D eigenvalue weighted by Crippen LogP contribution is 2.33. The molecule has 1 unspecified atom stereocenters. The Balaban J connectivity index is 1.57. The van der Waals surface area contributed by atoms with Gasteiger partial charge in [-0.1, -0.05) is 43.4 Å². The number of furan rings is 1. The van der Waals surface area contributed by atoms with Gasteiger partial charge in [-0.05, 0) is 36.4 Å². The molecule has 0 radical (unpaired) electrons. The van der Waals surface area contributed by atoms with E-state index in [-0.39, 0.29) is 23.8 Å². The Morgan fingerprint density at radius 3 is 2.79 bits per heavy atom. The molecule has 5 rings (SSSR count). The molecule has 1 aliphatic heterocycles. The SMILES string of the molecule is CC1=C(C(=O)OCC(C)C)C(c2cccs2)n2c(s/c(=C\c3ccc(-c4cccc([N+](=O)[O-])c4)o3)c2=O)=N1. The second kappa shape index (κ2) is 10.3. The van der Waals surface area contributed by atoms with Crippen molar-refractivity contribution in [1.29, 1.82) is 0 Å². The fraction of sp³-hybridized carbons (Fsp3) is 0.222. The first-order valence-corrected chi connectivity index (χ1v) is 13.5. The number of hydrogen-bond donors (Lipinski definition) is 0. The molecule has 9 nitrogen and oxygen atoms in total. The maximum absolute atomic E-state index is 13.7. The van der Waals surface area contributed by atoms with Crippen molar-refractivity contribution < 1.29 is 18.9 Å². The standard InChI is InChI=1S/C27H23N3O6S2/c1-15(2)14-35-26(32)23-16(3)28-27-29(24(23)21-8-5-11-37-21)25(31)22(38-27)13-19-9-10-20(36-19)17-6-4-7-18(12-17)30(33)34/h4-13,15,24H,14H2,1-3H3/b22-13-. The Bertz CT molecular complexity index is 1740. The molecular formula is C27H23N3O6S2. The van der Waals surface area contributed by atoms with E-state index in [1.54, 1.807) is 37.3 Å². The number of rotatable bonds is 7. The minimum atomic E-state index is -0.648. The number of carbonyl (C=O) groups is 1. The van der Waals surface area contributed by atoms with Gasteiger partial charge in [0.25, 0.3) is 11.2 Å². The Labute approximate surface area is 224 Å². The highest BCUT2D eigenvalue weighted by Gasteiger charge is 2.34. The zero-order valence-electron chi connectivity index (χ0n) is 20.7.